The third kappa shape index (κ3) is 17.7. The maximum atomic E-state index is 13.7. The molecule has 0 aromatic rings. The highest BCUT2D eigenvalue weighted by molar-refractivity contribution is 5.95. The summed E-state index contributed by atoms with van der Waals surface area (Å²) in [6.45, 7) is 7.83. The fraction of sp³-hybridized carbons (Fsp3) is 0.767. The molecule has 6 amide bonds. The number of carbonyl (C=O) groups is 6. The van der Waals surface area contributed by atoms with Crippen LogP contribution in [-0.2, 0) is 24.0 Å². The van der Waals surface area contributed by atoms with Crippen LogP contribution in [0.3, 0.4) is 0 Å². The average molecular weight is 686 g/mol. The van der Waals surface area contributed by atoms with Crippen LogP contribution in [0, 0.1) is 11.8 Å². The van der Waals surface area contributed by atoms with E-state index in [1.165, 1.54) is 0 Å². The first kappa shape index (κ1) is 43.8. The topological polar surface area (TPSA) is 311 Å². The van der Waals surface area contributed by atoms with Gasteiger partial charge >= 0.3 is 12.0 Å². The zero-order chi connectivity index (χ0) is 36.8. The number of carboxylic acid groups (broad SMARTS) is 1. The van der Waals surface area contributed by atoms with Crippen LogP contribution < -0.4 is 54.8 Å². The summed E-state index contributed by atoms with van der Waals surface area (Å²) >= 11 is 0. The van der Waals surface area contributed by atoms with Crippen molar-refractivity contribution in [3.8, 4) is 0 Å². The number of rotatable bonds is 25. The lowest BCUT2D eigenvalue weighted by atomic mass is 9.95. The van der Waals surface area contributed by atoms with E-state index in [1.54, 1.807) is 27.8 Å². The van der Waals surface area contributed by atoms with Crippen molar-refractivity contribution in [3.63, 3.8) is 0 Å². The van der Waals surface area contributed by atoms with Crippen LogP contribution in [-0.4, -0.2) is 104 Å². The molecule has 2 unspecified atom stereocenters. The standard InChI is InChI=1S/C30H59N11O7/c1-6-18(4)23(27(45)40-22(17(2)3)26(44)39-21(28(46)47)11-7-8-14-31)41-25(43)20(13-10-16-37-30(34)48)38-24(42)19(35-5)12-9-15-36-29(32)33/h17-23,35H,6-16,31H2,1-5H3,(H,38,42)(H,39,44)(H,40,45)(H,41,43)(H,46,47)(H4,32,33,36)(H3,34,37,48)/t18?,19-,20?,21-,22-,23-/m1/s1. The van der Waals surface area contributed by atoms with E-state index >= 15 is 0 Å². The second-order valence-corrected chi connectivity index (χ2v) is 12.1. The average Bonchev–Trinajstić information content (AvgIpc) is 3.02. The van der Waals surface area contributed by atoms with Gasteiger partial charge in [0.1, 0.15) is 24.2 Å². The molecule has 276 valence electrons. The Morgan fingerprint density at radius 3 is 1.77 bits per heavy atom. The number of aliphatic imine (C=N–C) groups is 1. The number of nitrogens with two attached hydrogens (primary N) is 4. The van der Waals surface area contributed by atoms with E-state index in [2.05, 4.69) is 36.9 Å². The zero-order valence-electron chi connectivity index (χ0n) is 29.0. The Bertz CT molecular complexity index is 1070. The highest BCUT2D eigenvalue weighted by atomic mass is 16.4. The molecule has 0 rings (SSSR count). The molecule has 0 aliphatic carbocycles. The highest BCUT2D eigenvalue weighted by Gasteiger charge is 2.34. The Morgan fingerprint density at radius 2 is 1.25 bits per heavy atom. The molecule has 0 aromatic heterocycles. The van der Waals surface area contributed by atoms with Gasteiger partial charge < -0.3 is 59.9 Å². The lowest BCUT2D eigenvalue weighted by Gasteiger charge is -2.30. The molecule has 0 heterocycles. The number of amides is 6. The van der Waals surface area contributed by atoms with Crippen molar-refractivity contribution in [2.24, 2.45) is 39.8 Å². The van der Waals surface area contributed by atoms with Crippen LogP contribution >= 0.6 is 0 Å². The lowest BCUT2D eigenvalue weighted by molar-refractivity contribution is -0.143. The van der Waals surface area contributed by atoms with E-state index in [0.29, 0.717) is 45.2 Å². The van der Waals surface area contributed by atoms with Gasteiger partial charge in [-0.3, -0.25) is 24.2 Å². The number of hydrogen-bond acceptors (Lipinski definition) is 9. The van der Waals surface area contributed by atoms with Gasteiger partial charge in [0.25, 0.3) is 0 Å². The summed E-state index contributed by atoms with van der Waals surface area (Å²) in [5.74, 6) is -4.50. The van der Waals surface area contributed by atoms with Crippen LogP contribution in [0.4, 0.5) is 4.79 Å². The predicted octanol–water partition coefficient (Wildman–Crippen LogP) is -2.07. The molecule has 18 nitrogen and oxygen atoms in total. The number of guanidine groups is 1. The zero-order valence-corrected chi connectivity index (χ0v) is 29.0. The number of nitrogens with one attached hydrogen (secondary N) is 6. The fourth-order valence-corrected chi connectivity index (χ4v) is 4.71. The van der Waals surface area contributed by atoms with Crippen LogP contribution in [0.1, 0.15) is 79.1 Å². The summed E-state index contributed by atoms with van der Waals surface area (Å²) in [5.41, 5.74) is 21.4. The lowest BCUT2D eigenvalue weighted by Crippen LogP contribution is -2.60. The third-order valence-electron chi connectivity index (χ3n) is 7.81. The summed E-state index contributed by atoms with van der Waals surface area (Å²) in [4.78, 5) is 80.5. The molecule has 0 saturated carbocycles. The van der Waals surface area contributed by atoms with Crippen molar-refractivity contribution >= 4 is 41.6 Å². The first-order valence-electron chi connectivity index (χ1n) is 16.5. The molecule has 0 radical (unpaired) electrons. The largest absolute Gasteiger partial charge is 0.480 e. The van der Waals surface area contributed by atoms with E-state index < -0.39 is 71.8 Å². The minimum atomic E-state index is -1.20. The SMILES string of the molecule is CCC(C)[C@@H](NC(=O)C(CCCNC(N)=O)NC(=O)[C@@H](CCCN=C(N)N)NC)C(=O)N[C@@H](C(=O)N[C@H](CCCCN)C(=O)O)C(C)C. The summed E-state index contributed by atoms with van der Waals surface area (Å²) in [6.07, 6.45) is 2.99. The number of hydrogen-bond donors (Lipinski definition) is 11. The van der Waals surface area contributed by atoms with Crippen molar-refractivity contribution in [1.82, 2.24) is 31.9 Å². The Kier molecular flexibility index (Phi) is 21.9. The van der Waals surface area contributed by atoms with E-state index in [-0.39, 0.29) is 37.7 Å². The second-order valence-electron chi connectivity index (χ2n) is 12.1. The Morgan fingerprint density at radius 1 is 0.708 bits per heavy atom. The summed E-state index contributed by atoms with van der Waals surface area (Å²) in [6, 6.07) is -5.86. The minimum Gasteiger partial charge on any atom is -0.480 e. The van der Waals surface area contributed by atoms with Crippen LogP contribution in [0.15, 0.2) is 4.99 Å². The normalized spacial score (nSPS) is 14.7. The number of primary amides is 1. The molecule has 15 N–H and O–H groups in total. The number of carbonyl (C=O) groups excluding carboxylic acids is 5. The van der Waals surface area contributed by atoms with Gasteiger partial charge in [0.2, 0.25) is 23.6 Å². The van der Waals surface area contributed by atoms with Gasteiger partial charge in [0.05, 0.1) is 6.04 Å². The van der Waals surface area contributed by atoms with E-state index in [0.717, 1.165) is 0 Å². The number of carboxylic acids is 1. The molecular formula is C30H59N11O7. The minimum absolute atomic E-state index is 0.0650. The summed E-state index contributed by atoms with van der Waals surface area (Å²) in [5, 5.41) is 25.6. The number of urea groups is 1. The van der Waals surface area contributed by atoms with Crippen molar-refractivity contribution in [2.45, 2.75) is 109 Å². The van der Waals surface area contributed by atoms with Gasteiger partial charge in [-0.1, -0.05) is 34.1 Å². The second kappa shape index (κ2) is 24.0. The molecule has 0 fully saturated rings. The molecule has 0 aliphatic rings. The van der Waals surface area contributed by atoms with E-state index in [9.17, 15) is 33.9 Å². The molecular weight excluding hydrogens is 626 g/mol. The van der Waals surface area contributed by atoms with Crippen LogP contribution in [0.2, 0.25) is 0 Å². The maximum Gasteiger partial charge on any atom is 0.326 e. The molecule has 0 aliphatic heterocycles. The fourth-order valence-electron chi connectivity index (χ4n) is 4.71. The molecule has 6 atom stereocenters. The van der Waals surface area contributed by atoms with Crippen molar-refractivity contribution < 1.29 is 33.9 Å². The predicted molar refractivity (Wildman–Crippen MR) is 182 cm³/mol. The first-order chi connectivity index (χ1) is 22.6. The van der Waals surface area contributed by atoms with Crippen molar-refractivity contribution in [2.75, 3.05) is 26.7 Å². The monoisotopic (exact) mass is 685 g/mol. The first-order valence-corrected chi connectivity index (χ1v) is 16.5. The number of likely N-dealkylation sites (N-methyl/N-ethyl adjacent to an activating group) is 1. The highest BCUT2D eigenvalue weighted by Crippen LogP contribution is 2.12. The number of nitrogens with zero attached hydrogens (tertiary/aromatic N) is 1. The van der Waals surface area contributed by atoms with Crippen molar-refractivity contribution in [3.05, 3.63) is 0 Å². The van der Waals surface area contributed by atoms with E-state index in [1.807, 2.05) is 6.92 Å². The molecule has 0 saturated heterocycles. The molecule has 0 bridgehead atoms. The smallest absolute Gasteiger partial charge is 0.326 e. The summed E-state index contributed by atoms with van der Waals surface area (Å²) < 4.78 is 0. The Hall–Kier alpha value is -4.19. The number of unbranched alkanes of at least 4 members (excludes halogenated alkanes) is 1. The molecule has 18 heteroatoms. The van der Waals surface area contributed by atoms with Crippen LogP contribution in [0.5, 0.6) is 0 Å². The third-order valence-corrected chi connectivity index (χ3v) is 7.81. The number of aliphatic carboxylic acids is 1. The maximum absolute atomic E-state index is 13.7. The van der Waals surface area contributed by atoms with Gasteiger partial charge in [0, 0.05) is 13.1 Å². The molecule has 0 spiro atoms. The quantitative estimate of drug-likeness (QED) is 0.0282. The van der Waals surface area contributed by atoms with Gasteiger partial charge in [-0.2, -0.15) is 0 Å². The Balaban J connectivity index is 5.95. The van der Waals surface area contributed by atoms with Gasteiger partial charge in [-0.15, -0.1) is 0 Å². The van der Waals surface area contributed by atoms with E-state index in [4.69, 9.17) is 22.9 Å². The van der Waals surface area contributed by atoms with Gasteiger partial charge in [-0.05, 0) is 70.4 Å². The molecule has 0 aromatic carbocycles. The van der Waals surface area contributed by atoms with Crippen molar-refractivity contribution in [1.29, 1.82) is 0 Å². The Labute approximate surface area is 283 Å². The molecule has 48 heavy (non-hydrogen) atoms. The van der Waals surface area contributed by atoms with Gasteiger partial charge in [-0.25, -0.2) is 9.59 Å². The summed E-state index contributed by atoms with van der Waals surface area (Å²) in [7, 11) is 1.60. The van der Waals surface area contributed by atoms with Gasteiger partial charge in [0.15, 0.2) is 5.96 Å². The van der Waals surface area contributed by atoms with Crippen LogP contribution in [0.25, 0.3) is 0 Å².